The summed E-state index contributed by atoms with van der Waals surface area (Å²) in [6.45, 7) is 7.55. The number of rotatable bonds is 11. The number of morpholine rings is 1. The quantitative estimate of drug-likeness (QED) is 0.311. The second-order valence-corrected chi connectivity index (χ2v) is 11.7. The van der Waals surface area contributed by atoms with Gasteiger partial charge in [-0.2, -0.15) is 0 Å². The highest BCUT2D eigenvalue weighted by atomic mass is 32.2. The minimum Gasteiger partial charge on any atom is -0.449 e. The van der Waals surface area contributed by atoms with Crippen molar-refractivity contribution in [1.82, 2.24) is 15.2 Å². The summed E-state index contributed by atoms with van der Waals surface area (Å²) >= 11 is 3.30. The van der Waals surface area contributed by atoms with Crippen LogP contribution in [0.1, 0.15) is 29.6 Å². The van der Waals surface area contributed by atoms with E-state index in [9.17, 15) is 4.79 Å². The summed E-state index contributed by atoms with van der Waals surface area (Å²) in [5.41, 5.74) is 3.82. The van der Waals surface area contributed by atoms with Crippen molar-refractivity contribution < 1.29 is 19.0 Å². The minimum atomic E-state index is -0.449. The number of carbonyl (C=O) groups is 1. The van der Waals surface area contributed by atoms with E-state index in [2.05, 4.69) is 44.8 Å². The first-order valence-corrected chi connectivity index (χ1v) is 15.1. The molecule has 2 fully saturated rings. The zero-order valence-electron chi connectivity index (χ0n) is 22.1. The van der Waals surface area contributed by atoms with Crippen molar-refractivity contribution in [2.45, 2.75) is 36.4 Å². The molecule has 0 aliphatic carbocycles. The number of anilines is 3. The Labute approximate surface area is 236 Å². The molecule has 0 bridgehead atoms. The van der Waals surface area contributed by atoms with Crippen LogP contribution < -0.4 is 15.5 Å². The average Bonchev–Trinajstić information content (AvgIpc) is 3.67. The summed E-state index contributed by atoms with van der Waals surface area (Å²) in [4.78, 5) is 19.5. The van der Waals surface area contributed by atoms with Gasteiger partial charge in [0.15, 0.2) is 4.34 Å². The Kier molecular flexibility index (Phi) is 9.86. The molecular formula is C27H34N6O4S2. The zero-order valence-corrected chi connectivity index (χ0v) is 23.7. The number of aromatic nitrogens is 3. The lowest BCUT2D eigenvalue weighted by molar-refractivity contribution is 0.122. The first-order valence-electron chi connectivity index (χ1n) is 13.3. The van der Waals surface area contributed by atoms with Crippen LogP contribution in [0.5, 0.6) is 0 Å². The van der Waals surface area contributed by atoms with Crippen LogP contribution in [0, 0.1) is 5.92 Å². The molecule has 39 heavy (non-hydrogen) atoms. The molecule has 2 N–H and O–H groups in total. The van der Waals surface area contributed by atoms with Gasteiger partial charge in [0.1, 0.15) is 10.8 Å². The lowest BCUT2D eigenvalue weighted by atomic mass is 10.1. The average molecular weight is 571 g/mol. The summed E-state index contributed by atoms with van der Waals surface area (Å²) in [6.07, 6.45) is 1.37. The van der Waals surface area contributed by atoms with E-state index in [1.165, 1.54) is 0 Å². The fourth-order valence-electron chi connectivity index (χ4n) is 4.33. The molecule has 0 saturated carbocycles. The number of pyridine rings is 1. The molecule has 3 aromatic rings. The minimum absolute atomic E-state index is 0.280. The van der Waals surface area contributed by atoms with Crippen LogP contribution >= 0.6 is 23.1 Å². The maximum absolute atomic E-state index is 12.2. The summed E-state index contributed by atoms with van der Waals surface area (Å²) in [5.74, 6) is 1.79. The summed E-state index contributed by atoms with van der Waals surface area (Å²) < 4.78 is 17.2. The lowest BCUT2D eigenvalue weighted by Gasteiger charge is -2.29. The monoisotopic (exact) mass is 570 g/mol. The van der Waals surface area contributed by atoms with Gasteiger partial charge in [-0.05, 0) is 36.6 Å². The molecule has 1 unspecified atom stereocenters. The number of aryl methyl sites for hydroxylation is 1. The van der Waals surface area contributed by atoms with E-state index in [0.29, 0.717) is 31.2 Å². The highest BCUT2D eigenvalue weighted by Gasteiger charge is 2.18. The topological polar surface area (TPSA) is 111 Å². The van der Waals surface area contributed by atoms with Gasteiger partial charge in [-0.25, -0.2) is 9.78 Å². The smallest absolute Gasteiger partial charge is 0.411 e. The van der Waals surface area contributed by atoms with Crippen LogP contribution in [0.2, 0.25) is 0 Å². The molecule has 0 spiro atoms. The second-order valence-electron chi connectivity index (χ2n) is 9.41. The van der Waals surface area contributed by atoms with Crippen molar-refractivity contribution in [1.29, 1.82) is 0 Å². The Hall–Kier alpha value is -2.93. The van der Waals surface area contributed by atoms with Crippen molar-refractivity contribution in [3.8, 4) is 0 Å². The number of benzene rings is 1. The van der Waals surface area contributed by atoms with E-state index in [-0.39, 0.29) is 5.92 Å². The van der Waals surface area contributed by atoms with Crippen molar-refractivity contribution >= 4 is 46.4 Å². The van der Waals surface area contributed by atoms with Crippen LogP contribution in [-0.4, -0.2) is 67.4 Å². The number of ether oxygens (including phenoxy) is 3. The van der Waals surface area contributed by atoms with Gasteiger partial charge in [-0.15, -0.1) is 10.2 Å². The molecule has 4 heterocycles. The van der Waals surface area contributed by atoms with Gasteiger partial charge in [-0.1, -0.05) is 42.2 Å². The van der Waals surface area contributed by atoms with E-state index in [0.717, 1.165) is 77.9 Å². The normalized spacial score (nSPS) is 17.3. The van der Waals surface area contributed by atoms with E-state index in [1.54, 1.807) is 23.1 Å². The number of hydrogen-bond donors (Lipinski definition) is 2. The van der Waals surface area contributed by atoms with E-state index in [1.807, 2.05) is 24.3 Å². The molecule has 1 amide bonds. The maximum Gasteiger partial charge on any atom is 0.411 e. The maximum atomic E-state index is 12.2. The van der Waals surface area contributed by atoms with Crippen LogP contribution in [0.25, 0.3) is 0 Å². The molecule has 208 valence electrons. The highest BCUT2D eigenvalue weighted by molar-refractivity contribution is 8.00. The van der Waals surface area contributed by atoms with Gasteiger partial charge in [0, 0.05) is 55.4 Å². The zero-order chi connectivity index (χ0) is 26.9. The third-order valence-electron chi connectivity index (χ3n) is 6.45. The molecule has 0 radical (unpaired) electrons. The first-order chi connectivity index (χ1) is 19.1. The van der Waals surface area contributed by atoms with Crippen LogP contribution in [-0.2, 0) is 32.9 Å². The van der Waals surface area contributed by atoms with Crippen LogP contribution in [0.3, 0.4) is 0 Å². The Bertz CT molecular complexity index is 1230. The number of hydrogen-bond acceptors (Lipinski definition) is 11. The Balaban J connectivity index is 1.21. The molecular weight excluding hydrogens is 536 g/mol. The van der Waals surface area contributed by atoms with E-state index >= 15 is 0 Å². The van der Waals surface area contributed by atoms with Gasteiger partial charge in [0.05, 0.1) is 32.1 Å². The number of nitrogens with one attached hydrogen (secondary N) is 2. The van der Waals surface area contributed by atoms with E-state index in [4.69, 9.17) is 19.2 Å². The van der Waals surface area contributed by atoms with Gasteiger partial charge >= 0.3 is 6.09 Å². The Morgan fingerprint density at radius 3 is 2.87 bits per heavy atom. The molecule has 5 rings (SSSR count). The highest BCUT2D eigenvalue weighted by Crippen LogP contribution is 2.29. The predicted molar refractivity (Wildman–Crippen MR) is 154 cm³/mol. The van der Waals surface area contributed by atoms with Gasteiger partial charge in [0.25, 0.3) is 0 Å². The molecule has 2 aliphatic heterocycles. The van der Waals surface area contributed by atoms with Crippen LogP contribution in [0.4, 0.5) is 22.0 Å². The van der Waals surface area contributed by atoms with Crippen molar-refractivity contribution in [3.63, 3.8) is 0 Å². The fraction of sp³-hybridized carbons (Fsp3) is 0.481. The van der Waals surface area contributed by atoms with Crippen molar-refractivity contribution in [2.24, 2.45) is 5.92 Å². The molecule has 1 atom stereocenters. The van der Waals surface area contributed by atoms with Crippen molar-refractivity contribution in [3.05, 3.63) is 52.7 Å². The van der Waals surface area contributed by atoms with Gasteiger partial charge in [0.2, 0.25) is 0 Å². The summed E-state index contributed by atoms with van der Waals surface area (Å²) in [7, 11) is 0. The summed E-state index contributed by atoms with van der Waals surface area (Å²) in [5, 5.41) is 15.9. The standard InChI is InChI=1S/C27H34N6O4S2/c1-2-25-31-32-27(39-25)38-18-22-13-23(33-7-10-35-11-8-33)14-24(29-22)28-15-19-4-3-5-21(12-19)30-26(34)37-17-20-6-9-36-16-20/h3-5,12-14,20H,2,6-11,15-18H2,1H3,(H,28,29)(H,30,34). The molecule has 2 aliphatic rings. The van der Waals surface area contributed by atoms with Gasteiger partial charge < -0.3 is 24.4 Å². The predicted octanol–water partition coefficient (Wildman–Crippen LogP) is 4.82. The number of amides is 1. The molecule has 2 saturated heterocycles. The second kappa shape index (κ2) is 13.9. The van der Waals surface area contributed by atoms with Crippen LogP contribution in [0.15, 0.2) is 40.7 Å². The molecule has 1 aromatic carbocycles. The van der Waals surface area contributed by atoms with E-state index < -0.39 is 6.09 Å². The van der Waals surface area contributed by atoms with Gasteiger partial charge in [-0.3, -0.25) is 5.32 Å². The SMILES string of the molecule is CCc1nnc(SCc2cc(N3CCOCC3)cc(NCc3cccc(NC(=O)OCC4CCOC4)c3)n2)s1. The lowest BCUT2D eigenvalue weighted by Crippen LogP contribution is -2.36. The third-order valence-corrected chi connectivity index (χ3v) is 8.69. The first kappa shape index (κ1) is 27.6. The third kappa shape index (κ3) is 8.28. The number of thioether (sulfide) groups is 1. The molecule has 12 heteroatoms. The Morgan fingerprint density at radius 1 is 1.18 bits per heavy atom. The molecule has 10 nitrogen and oxygen atoms in total. The van der Waals surface area contributed by atoms with Crippen molar-refractivity contribution in [2.75, 3.05) is 61.7 Å². The largest absolute Gasteiger partial charge is 0.449 e. The summed E-state index contributed by atoms with van der Waals surface area (Å²) in [6, 6.07) is 12.0. The fourth-order valence-corrected chi connectivity index (χ4v) is 6.06. The number of nitrogens with zero attached hydrogens (tertiary/aromatic N) is 4. The number of carbonyl (C=O) groups excluding carboxylic acids is 1. The molecule has 2 aromatic heterocycles. The Morgan fingerprint density at radius 2 is 2.08 bits per heavy atom.